The monoisotopic (exact) mass is 216 g/mol. The number of fused-ring (bicyclic) bond motifs is 8. The lowest BCUT2D eigenvalue weighted by atomic mass is 9.75. The molecule has 2 saturated heterocycles. The van der Waals surface area contributed by atoms with Crippen LogP contribution in [0.4, 0.5) is 0 Å². The van der Waals surface area contributed by atoms with E-state index < -0.39 is 0 Å². The van der Waals surface area contributed by atoms with Crippen molar-refractivity contribution >= 4 is 5.97 Å². The van der Waals surface area contributed by atoms with Gasteiger partial charge in [0.15, 0.2) is 0 Å². The SMILES string of the molecule is C[C@@H]1OC(=O)[C@@H]2[C@H]1[C@@H]1O[C@H]2c2ccccc21. The Morgan fingerprint density at radius 2 is 1.81 bits per heavy atom. The van der Waals surface area contributed by atoms with Gasteiger partial charge in [-0.05, 0) is 18.1 Å². The Morgan fingerprint density at radius 3 is 2.56 bits per heavy atom. The van der Waals surface area contributed by atoms with Crippen molar-refractivity contribution in [3.05, 3.63) is 35.4 Å². The number of rotatable bonds is 0. The van der Waals surface area contributed by atoms with Crippen LogP contribution in [0.2, 0.25) is 0 Å². The minimum Gasteiger partial charge on any atom is -0.462 e. The van der Waals surface area contributed by atoms with Crippen LogP contribution in [0, 0.1) is 11.8 Å². The molecule has 0 radical (unpaired) electrons. The zero-order chi connectivity index (χ0) is 10.9. The van der Waals surface area contributed by atoms with E-state index in [1.165, 1.54) is 11.1 Å². The number of carbonyl (C=O) groups excluding carboxylic acids is 1. The van der Waals surface area contributed by atoms with Crippen molar-refractivity contribution in [1.82, 2.24) is 0 Å². The first-order valence-electron chi connectivity index (χ1n) is 5.72. The molecule has 0 N–H and O–H groups in total. The van der Waals surface area contributed by atoms with E-state index in [1.807, 2.05) is 19.1 Å². The predicted molar refractivity (Wildman–Crippen MR) is 55.5 cm³/mol. The van der Waals surface area contributed by atoms with Gasteiger partial charge in [0.25, 0.3) is 0 Å². The molecule has 0 aliphatic carbocycles. The van der Waals surface area contributed by atoms with Gasteiger partial charge in [-0.15, -0.1) is 0 Å². The zero-order valence-corrected chi connectivity index (χ0v) is 8.92. The molecular weight excluding hydrogens is 204 g/mol. The van der Waals surface area contributed by atoms with Gasteiger partial charge in [0, 0.05) is 5.92 Å². The highest BCUT2D eigenvalue weighted by Gasteiger charge is 2.61. The summed E-state index contributed by atoms with van der Waals surface area (Å²) in [6.07, 6.45) is -0.0165. The van der Waals surface area contributed by atoms with Gasteiger partial charge in [-0.1, -0.05) is 24.3 Å². The predicted octanol–water partition coefficient (Wildman–Crippen LogP) is 1.99. The Morgan fingerprint density at radius 1 is 1.12 bits per heavy atom. The van der Waals surface area contributed by atoms with Crippen LogP contribution in [-0.4, -0.2) is 12.1 Å². The maximum absolute atomic E-state index is 11.8. The first kappa shape index (κ1) is 8.76. The maximum atomic E-state index is 11.8. The normalized spacial score (nSPS) is 43.1. The van der Waals surface area contributed by atoms with Crippen LogP contribution < -0.4 is 0 Å². The van der Waals surface area contributed by atoms with Gasteiger partial charge in [-0.3, -0.25) is 4.79 Å². The average molecular weight is 216 g/mol. The second-order valence-electron chi connectivity index (χ2n) is 4.85. The van der Waals surface area contributed by atoms with Crippen molar-refractivity contribution < 1.29 is 14.3 Å². The lowest BCUT2D eigenvalue weighted by Crippen LogP contribution is -2.24. The molecule has 0 saturated carbocycles. The van der Waals surface area contributed by atoms with Gasteiger partial charge in [0.05, 0.1) is 18.1 Å². The number of hydrogen-bond acceptors (Lipinski definition) is 3. The van der Waals surface area contributed by atoms with Gasteiger partial charge in [-0.25, -0.2) is 0 Å². The molecule has 2 fully saturated rings. The molecule has 3 aliphatic rings. The van der Waals surface area contributed by atoms with Crippen molar-refractivity contribution in [3.63, 3.8) is 0 Å². The number of benzene rings is 1. The minimum absolute atomic E-state index is 0.0131. The fraction of sp³-hybridized carbons (Fsp3) is 0.462. The van der Waals surface area contributed by atoms with Crippen LogP contribution in [-0.2, 0) is 14.3 Å². The van der Waals surface area contributed by atoms with E-state index >= 15 is 0 Å². The second kappa shape index (κ2) is 2.66. The molecule has 3 heteroatoms. The molecule has 3 nitrogen and oxygen atoms in total. The molecular formula is C13H12O3. The number of cyclic esters (lactones) is 1. The summed E-state index contributed by atoms with van der Waals surface area (Å²) in [4.78, 5) is 11.8. The highest BCUT2D eigenvalue weighted by Crippen LogP contribution is 2.60. The van der Waals surface area contributed by atoms with Gasteiger partial charge in [-0.2, -0.15) is 0 Å². The molecule has 0 unspecified atom stereocenters. The van der Waals surface area contributed by atoms with Gasteiger partial charge < -0.3 is 9.47 Å². The molecule has 0 amide bonds. The highest BCUT2D eigenvalue weighted by molar-refractivity contribution is 5.78. The van der Waals surface area contributed by atoms with Gasteiger partial charge in [0.2, 0.25) is 0 Å². The smallest absolute Gasteiger partial charge is 0.312 e. The van der Waals surface area contributed by atoms with Crippen molar-refractivity contribution in [2.45, 2.75) is 25.2 Å². The maximum Gasteiger partial charge on any atom is 0.312 e. The van der Waals surface area contributed by atoms with Gasteiger partial charge in [0.1, 0.15) is 6.10 Å². The summed E-state index contributed by atoms with van der Waals surface area (Å²) in [5, 5.41) is 0. The lowest BCUT2D eigenvalue weighted by molar-refractivity contribution is -0.147. The molecule has 3 heterocycles. The van der Waals surface area contributed by atoms with Crippen LogP contribution in [0.1, 0.15) is 30.3 Å². The fourth-order valence-corrected chi connectivity index (χ4v) is 3.46. The largest absolute Gasteiger partial charge is 0.462 e. The number of hydrogen-bond donors (Lipinski definition) is 0. The molecule has 3 aliphatic heterocycles. The summed E-state index contributed by atoms with van der Waals surface area (Å²) in [5.74, 6) is 0.0572. The molecule has 1 aromatic rings. The van der Waals surface area contributed by atoms with Gasteiger partial charge >= 0.3 is 5.97 Å². The van der Waals surface area contributed by atoms with E-state index in [2.05, 4.69) is 12.1 Å². The number of carbonyl (C=O) groups is 1. The minimum atomic E-state index is -0.0838. The van der Waals surface area contributed by atoms with E-state index in [1.54, 1.807) is 0 Å². The van der Waals surface area contributed by atoms with Crippen LogP contribution in [0.3, 0.4) is 0 Å². The molecule has 0 spiro atoms. The molecule has 16 heavy (non-hydrogen) atoms. The summed E-state index contributed by atoms with van der Waals surface area (Å²) in [5.41, 5.74) is 2.43. The van der Waals surface area contributed by atoms with E-state index in [0.29, 0.717) is 0 Å². The molecule has 4 rings (SSSR count). The van der Waals surface area contributed by atoms with Crippen LogP contribution >= 0.6 is 0 Å². The second-order valence-corrected chi connectivity index (χ2v) is 4.85. The van der Waals surface area contributed by atoms with E-state index in [-0.39, 0.29) is 36.1 Å². The number of ether oxygens (including phenoxy) is 2. The molecule has 1 aromatic carbocycles. The average Bonchev–Trinajstić information content (AvgIpc) is 2.91. The summed E-state index contributed by atoms with van der Waals surface area (Å²) >= 11 is 0. The third-order valence-corrected chi connectivity index (χ3v) is 4.11. The first-order chi connectivity index (χ1) is 7.77. The first-order valence-corrected chi connectivity index (χ1v) is 5.72. The Balaban J connectivity index is 1.89. The summed E-state index contributed by atoms with van der Waals surface area (Å²) < 4.78 is 11.3. The topological polar surface area (TPSA) is 35.5 Å². The standard InChI is InChI=1S/C13H12O3/c1-6-9-10(13(14)15-6)12-8-5-3-2-4-7(8)11(9)16-12/h2-6,9-12H,1H3/t6-,9-,10+,11+,12-/m0/s1. The van der Waals surface area contributed by atoms with Crippen LogP contribution in [0.5, 0.6) is 0 Å². The summed E-state index contributed by atoms with van der Waals surface area (Å²) in [7, 11) is 0. The lowest BCUT2D eigenvalue weighted by Gasteiger charge is -2.21. The quantitative estimate of drug-likeness (QED) is 0.622. The van der Waals surface area contributed by atoms with Crippen molar-refractivity contribution in [3.8, 4) is 0 Å². The Labute approximate surface area is 93.4 Å². The summed E-state index contributed by atoms with van der Waals surface area (Å²) in [6.45, 7) is 1.97. The third kappa shape index (κ3) is 0.824. The third-order valence-electron chi connectivity index (χ3n) is 4.11. The zero-order valence-electron chi connectivity index (χ0n) is 8.92. The molecule has 5 atom stereocenters. The molecule has 2 bridgehead atoms. The van der Waals surface area contributed by atoms with E-state index in [9.17, 15) is 4.79 Å². The van der Waals surface area contributed by atoms with Crippen molar-refractivity contribution in [2.24, 2.45) is 11.8 Å². The fourth-order valence-electron chi connectivity index (χ4n) is 3.46. The highest BCUT2D eigenvalue weighted by atomic mass is 16.6. The van der Waals surface area contributed by atoms with Crippen molar-refractivity contribution in [1.29, 1.82) is 0 Å². The van der Waals surface area contributed by atoms with E-state index in [4.69, 9.17) is 9.47 Å². The van der Waals surface area contributed by atoms with Crippen LogP contribution in [0.25, 0.3) is 0 Å². The Bertz CT molecular complexity index is 482. The van der Waals surface area contributed by atoms with Crippen molar-refractivity contribution in [2.75, 3.05) is 0 Å². The Hall–Kier alpha value is -1.35. The number of esters is 1. The van der Waals surface area contributed by atoms with E-state index in [0.717, 1.165) is 0 Å². The Kier molecular flexibility index (Phi) is 1.46. The molecule has 82 valence electrons. The van der Waals surface area contributed by atoms with Crippen LogP contribution in [0.15, 0.2) is 24.3 Å². The summed E-state index contributed by atoms with van der Waals surface area (Å²) in [6, 6.07) is 8.19. The molecule has 0 aromatic heterocycles.